The molecule has 1 aliphatic carbocycles. The zero-order valence-electron chi connectivity index (χ0n) is 15.1. The lowest BCUT2D eigenvalue weighted by Gasteiger charge is -2.22. The smallest absolute Gasteiger partial charge is 0.337 e. The van der Waals surface area contributed by atoms with Gasteiger partial charge in [0.05, 0.1) is 10.6 Å². The molecule has 1 heterocycles. The van der Waals surface area contributed by atoms with E-state index in [0.29, 0.717) is 17.1 Å². The van der Waals surface area contributed by atoms with Crippen molar-refractivity contribution >= 4 is 29.6 Å². The van der Waals surface area contributed by atoms with Gasteiger partial charge in [0, 0.05) is 17.7 Å². The molecule has 1 aliphatic rings. The van der Waals surface area contributed by atoms with E-state index in [1.54, 1.807) is 18.2 Å². The van der Waals surface area contributed by atoms with Crippen molar-refractivity contribution in [2.45, 2.75) is 38.1 Å². The zero-order valence-corrected chi connectivity index (χ0v) is 15.8. The number of nitriles is 1. The van der Waals surface area contributed by atoms with Crippen LogP contribution >= 0.6 is 11.6 Å². The quantitative estimate of drug-likeness (QED) is 0.563. The number of benzene rings is 1. The van der Waals surface area contributed by atoms with Gasteiger partial charge in [0.25, 0.3) is 5.91 Å². The number of nitrogens with zero attached hydrogens (tertiary/aromatic N) is 1. The largest absolute Gasteiger partial charge is 0.478 e. The van der Waals surface area contributed by atoms with E-state index in [1.807, 2.05) is 6.07 Å². The highest BCUT2D eigenvalue weighted by atomic mass is 35.5. The summed E-state index contributed by atoms with van der Waals surface area (Å²) in [5.41, 5.74) is 0.470. The Balaban J connectivity index is 1.78. The number of amides is 1. The van der Waals surface area contributed by atoms with Gasteiger partial charge in [-0.1, -0.05) is 30.9 Å². The second-order valence-corrected chi connectivity index (χ2v) is 7.09. The van der Waals surface area contributed by atoms with Crippen LogP contribution in [0.2, 0.25) is 5.02 Å². The predicted molar refractivity (Wildman–Crippen MR) is 105 cm³/mol. The maximum atomic E-state index is 12.4. The van der Waals surface area contributed by atoms with E-state index in [2.05, 4.69) is 5.32 Å². The van der Waals surface area contributed by atoms with E-state index >= 15 is 0 Å². The molecule has 0 spiro atoms. The highest BCUT2D eigenvalue weighted by molar-refractivity contribution is 6.33. The topological polar surface area (TPSA) is 103 Å². The van der Waals surface area contributed by atoms with Crippen molar-refractivity contribution < 1.29 is 19.1 Å². The minimum atomic E-state index is -1.13. The summed E-state index contributed by atoms with van der Waals surface area (Å²) < 4.78 is 5.67. The summed E-state index contributed by atoms with van der Waals surface area (Å²) in [6.45, 7) is 0. The molecule has 1 aromatic heterocycles. The van der Waals surface area contributed by atoms with Crippen molar-refractivity contribution in [1.29, 1.82) is 5.26 Å². The van der Waals surface area contributed by atoms with Crippen molar-refractivity contribution in [3.8, 4) is 17.4 Å². The number of carboxylic acids is 1. The molecule has 1 saturated carbocycles. The molecule has 6 nitrogen and oxygen atoms in total. The Labute approximate surface area is 167 Å². The van der Waals surface area contributed by atoms with Crippen LogP contribution in [-0.4, -0.2) is 23.0 Å². The summed E-state index contributed by atoms with van der Waals surface area (Å²) in [5.74, 6) is -0.802. The van der Waals surface area contributed by atoms with Gasteiger partial charge < -0.3 is 14.8 Å². The van der Waals surface area contributed by atoms with Crippen molar-refractivity contribution in [3.63, 3.8) is 0 Å². The van der Waals surface area contributed by atoms with Crippen LogP contribution in [0.25, 0.3) is 17.4 Å². The Kier molecular flexibility index (Phi) is 6.17. The number of carbonyl (C=O) groups is 2. The number of hydrogen-bond acceptors (Lipinski definition) is 4. The molecule has 1 fully saturated rings. The van der Waals surface area contributed by atoms with Gasteiger partial charge in [0.1, 0.15) is 23.2 Å². The van der Waals surface area contributed by atoms with Crippen LogP contribution in [0.4, 0.5) is 0 Å². The Bertz CT molecular complexity index is 965. The van der Waals surface area contributed by atoms with Crippen LogP contribution in [0.5, 0.6) is 0 Å². The Morgan fingerprint density at radius 1 is 1.21 bits per heavy atom. The van der Waals surface area contributed by atoms with Crippen LogP contribution in [0.3, 0.4) is 0 Å². The highest BCUT2D eigenvalue weighted by Crippen LogP contribution is 2.27. The van der Waals surface area contributed by atoms with Crippen LogP contribution in [-0.2, 0) is 4.79 Å². The van der Waals surface area contributed by atoms with Gasteiger partial charge in [-0.3, -0.25) is 4.79 Å². The molecule has 0 atom stereocenters. The van der Waals surface area contributed by atoms with Gasteiger partial charge in [-0.25, -0.2) is 4.79 Å². The first kappa shape index (κ1) is 19.7. The first-order chi connectivity index (χ1) is 13.5. The van der Waals surface area contributed by atoms with E-state index in [4.69, 9.17) is 16.0 Å². The normalized spacial score (nSPS) is 15.1. The van der Waals surface area contributed by atoms with Crippen molar-refractivity contribution in [2.75, 3.05) is 0 Å². The maximum Gasteiger partial charge on any atom is 0.337 e. The van der Waals surface area contributed by atoms with Crippen LogP contribution in [0.1, 0.15) is 48.2 Å². The summed E-state index contributed by atoms with van der Waals surface area (Å²) in [6, 6.07) is 9.83. The Morgan fingerprint density at radius 3 is 2.64 bits per heavy atom. The third-order valence-corrected chi connectivity index (χ3v) is 5.03. The standard InChI is InChI=1S/C21H19ClN2O4/c22-18-8-6-13(11-17(18)21(26)27)19-9-7-16(28-19)10-14(12-23)20(25)24-15-4-2-1-3-5-15/h6-11,15H,1-5H2,(H,24,25)(H,26,27)/b14-10+. The fraction of sp³-hybridized carbons (Fsp3) is 0.286. The number of furan rings is 1. The number of carboxylic acid groups (broad SMARTS) is 1. The summed E-state index contributed by atoms with van der Waals surface area (Å²) in [7, 11) is 0. The number of nitrogens with one attached hydrogen (secondary N) is 1. The van der Waals surface area contributed by atoms with Gasteiger partial charge in [0.15, 0.2) is 0 Å². The molecule has 144 valence electrons. The van der Waals surface area contributed by atoms with Gasteiger partial charge in [0.2, 0.25) is 0 Å². The van der Waals surface area contributed by atoms with E-state index in [-0.39, 0.29) is 22.2 Å². The lowest BCUT2D eigenvalue weighted by molar-refractivity contribution is -0.117. The van der Waals surface area contributed by atoms with E-state index in [1.165, 1.54) is 24.6 Å². The summed E-state index contributed by atoms with van der Waals surface area (Å²) in [4.78, 5) is 23.6. The van der Waals surface area contributed by atoms with Gasteiger partial charge in [-0.05, 0) is 43.2 Å². The number of halogens is 1. The average Bonchev–Trinajstić information content (AvgIpc) is 3.15. The van der Waals surface area contributed by atoms with E-state index in [0.717, 1.165) is 25.7 Å². The van der Waals surface area contributed by atoms with Crippen molar-refractivity contribution in [3.05, 3.63) is 52.3 Å². The monoisotopic (exact) mass is 398 g/mol. The van der Waals surface area contributed by atoms with Crippen molar-refractivity contribution in [1.82, 2.24) is 5.32 Å². The molecular weight excluding hydrogens is 380 g/mol. The number of carbonyl (C=O) groups excluding carboxylic acids is 1. The molecule has 0 saturated heterocycles. The van der Waals surface area contributed by atoms with Crippen molar-refractivity contribution in [2.24, 2.45) is 0 Å². The highest BCUT2D eigenvalue weighted by Gasteiger charge is 2.19. The summed E-state index contributed by atoms with van der Waals surface area (Å²) >= 11 is 5.88. The molecule has 2 aromatic rings. The molecule has 0 unspecified atom stereocenters. The van der Waals surface area contributed by atoms with Crippen LogP contribution in [0, 0.1) is 11.3 Å². The minimum absolute atomic E-state index is 0.0303. The lowest BCUT2D eigenvalue weighted by Crippen LogP contribution is -2.36. The second-order valence-electron chi connectivity index (χ2n) is 6.68. The molecule has 1 aromatic carbocycles. The number of aromatic carboxylic acids is 1. The minimum Gasteiger partial charge on any atom is -0.478 e. The Hall–Kier alpha value is -3.04. The second kappa shape index (κ2) is 8.77. The van der Waals surface area contributed by atoms with E-state index < -0.39 is 11.9 Å². The molecule has 0 bridgehead atoms. The first-order valence-electron chi connectivity index (χ1n) is 9.03. The molecule has 0 radical (unpaired) electrons. The van der Waals surface area contributed by atoms with Gasteiger partial charge in [-0.2, -0.15) is 5.26 Å². The molecule has 0 aliphatic heterocycles. The SMILES string of the molecule is N#C/C(=C\c1ccc(-c2ccc(Cl)c(C(=O)O)c2)o1)C(=O)NC1CCCCC1. The lowest BCUT2D eigenvalue weighted by atomic mass is 9.95. The molecule has 1 amide bonds. The van der Waals surface area contributed by atoms with Crippen LogP contribution in [0.15, 0.2) is 40.3 Å². The molecular formula is C21H19ClN2O4. The van der Waals surface area contributed by atoms with E-state index in [9.17, 15) is 20.0 Å². The Morgan fingerprint density at radius 2 is 1.96 bits per heavy atom. The van der Waals surface area contributed by atoms with Gasteiger partial charge >= 0.3 is 5.97 Å². The first-order valence-corrected chi connectivity index (χ1v) is 9.41. The van der Waals surface area contributed by atoms with Crippen LogP contribution < -0.4 is 5.32 Å². The fourth-order valence-electron chi connectivity index (χ4n) is 3.23. The fourth-order valence-corrected chi connectivity index (χ4v) is 3.43. The average molecular weight is 399 g/mol. The van der Waals surface area contributed by atoms with Gasteiger partial charge in [-0.15, -0.1) is 0 Å². The third kappa shape index (κ3) is 4.62. The number of hydrogen-bond donors (Lipinski definition) is 2. The third-order valence-electron chi connectivity index (χ3n) is 4.70. The molecule has 7 heteroatoms. The molecule has 28 heavy (non-hydrogen) atoms. The summed E-state index contributed by atoms with van der Waals surface area (Å²) in [5, 5.41) is 21.6. The summed E-state index contributed by atoms with van der Waals surface area (Å²) in [6.07, 6.45) is 6.58. The number of rotatable bonds is 5. The molecule has 2 N–H and O–H groups in total. The molecule has 3 rings (SSSR count). The maximum absolute atomic E-state index is 12.4. The zero-order chi connectivity index (χ0) is 20.1. The predicted octanol–water partition coefficient (Wildman–Crippen LogP) is 4.65.